The molecule has 5 heteroatoms. The normalized spacial score (nSPS) is 30.2. The van der Waals surface area contributed by atoms with Crippen molar-refractivity contribution in [2.45, 2.75) is 33.2 Å². The van der Waals surface area contributed by atoms with Crippen LogP contribution in [0.4, 0.5) is 0 Å². The molecule has 1 saturated heterocycles. The van der Waals surface area contributed by atoms with Crippen molar-refractivity contribution < 1.29 is 4.79 Å². The molecule has 0 bridgehead atoms. The number of likely N-dealkylation sites (tertiary alicyclic amines) is 1. The Morgan fingerprint density at radius 3 is 2.75 bits per heavy atom. The summed E-state index contributed by atoms with van der Waals surface area (Å²) in [5, 5.41) is 4.08. The summed E-state index contributed by atoms with van der Waals surface area (Å²) in [7, 11) is 1.57. The van der Waals surface area contributed by atoms with E-state index in [1.807, 2.05) is 4.90 Å². The fraction of sp³-hybridized carbons (Fsp3) is 0.667. The first-order chi connectivity index (χ1) is 9.37. The van der Waals surface area contributed by atoms with E-state index in [0.29, 0.717) is 29.0 Å². The predicted molar refractivity (Wildman–Crippen MR) is 75.4 cm³/mol. The van der Waals surface area contributed by atoms with Crippen LogP contribution in [0.5, 0.6) is 0 Å². The number of carbonyl (C=O) groups is 1. The lowest BCUT2D eigenvalue weighted by Gasteiger charge is -2.30. The zero-order chi connectivity index (χ0) is 14.7. The van der Waals surface area contributed by atoms with Gasteiger partial charge in [0, 0.05) is 25.7 Å². The fourth-order valence-electron chi connectivity index (χ4n) is 3.91. The Labute approximate surface area is 118 Å². The van der Waals surface area contributed by atoms with Crippen molar-refractivity contribution >= 4 is 5.91 Å². The van der Waals surface area contributed by atoms with Gasteiger partial charge in [-0.05, 0) is 29.7 Å². The van der Waals surface area contributed by atoms with Crippen molar-refractivity contribution in [3.8, 4) is 0 Å². The first-order valence-electron chi connectivity index (χ1n) is 7.23. The third-order valence-corrected chi connectivity index (χ3v) is 5.21. The van der Waals surface area contributed by atoms with Gasteiger partial charge in [-0.3, -0.25) is 9.59 Å². The van der Waals surface area contributed by atoms with E-state index in [2.05, 4.69) is 25.9 Å². The van der Waals surface area contributed by atoms with Crippen molar-refractivity contribution in [3.05, 3.63) is 28.2 Å². The standard InChI is InChI=1S/C15H21N3O2/c1-5-11-13-9(15(13,2)3)8-18(11)14(20)10-6-7-12(19)17(4)16-10/h6-7,9,11,13H,5,8H2,1-4H3/t9?,11-,13?/m1/s1. The number of hydrogen-bond donors (Lipinski definition) is 0. The van der Waals surface area contributed by atoms with Crippen molar-refractivity contribution in [1.82, 2.24) is 14.7 Å². The van der Waals surface area contributed by atoms with Crippen LogP contribution in [0.25, 0.3) is 0 Å². The maximum atomic E-state index is 12.6. The second-order valence-electron chi connectivity index (χ2n) is 6.57. The zero-order valence-corrected chi connectivity index (χ0v) is 12.5. The topological polar surface area (TPSA) is 55.2 Å². The van der Waals surface area contributed by atoms with E-state index in [4.69, 9.17) is 0 Å². The average molecular weight is 275 g/mol. The van der Waals surface area contributed by atoms with Gasteiger partial charge in [-0.15, -0.1) is 0 Å². The lowest BCUT2D eigenvalue weighted by molar-refractivity contribution is 0.0662. The van der Waals surface area contributed by atoms with Gasteiger partial charge < -0.3 is 4.90 Å². The van der Waals surface area contributed by atoms with E-state index in [-0.39, 0.29) is 11.5 Å². The van der Waals surface area contributed by atoms with Crippen molar-refractivity contribution in [1.29, 1.82) is 0 Å². The number of nitrogens with zero attached hydrogens (tertiary/aromatic N) is 3. The molecule has 1 aliphatic heterocycles. The first kappa shape index (κ1) is 13.3. The third-order valence-electron chi connectivity index (χ3n) is 5.21. The van der Waals surface area contributed by atoms with Crippen LogP contribution in [0.15, 0.2) is 16.9 Å². The minimum absolute atomic E-state index is 0.0459. The molecule has 20 heavy (non-hydrogen) atoms. The molecule has 1 amide bonds. The van der Waals surface area contributed by atoms with E-state index in [1.165, 1.54) is 16.8 Å². The molecule has 2 unspecified atom stereocenters. The van der Waals surface area contributed by atoms with Gasteiger partial charge in [0.1, 0.15) is 5.69 Å². The molecule has 0 spiro atoms. The molecular formula is C15H21N3O2. The van der Waals surface area contributed by atoms with Crippen LogP contribution in [0.1, 0.15) is 37.7 Å². The molecule has 1 aromatic heterocycles. The Morgan fingerprint density at radius 1 is 1.45 bits per heavy atom. The number of aromatic nitrogens is 2. The van der Waals surface area contributed by atoms with Crippen molar-refractivity contribution in [3.63, 3.8) is 0 Å². The Morgan fingerprint density at radius 2 is 2.15 bits per heavy atom. The summed E-state index contributed by atoms with van der Waals surface area (Å²) in [6.07, 6.45) is 0.974. The van der Waals surface area contributed by atoms with Gasteiger partial charge in [0.05, 0.1) is 0 Å². The van der Waals surface area contributed by atoms with Gasteiger partial charge in [-0.2, -0.15) is 5.10 Å². The first-order valence-corrected chi connectivity index (χ1v) is 7.23. The Balaban J connectivity index is 1.85. The summed E-state index contributed by atoms with van der Waals surface area (Å²) >= 11 is 0. The molecule has 1 saturated carbocycles. The zero-order valence-electron chi connectivity index (χ0n) is 12.5. The van der Waals surface area contributed by atoms with E-state index >= 15 is 0 Å². The van der Waals surface area contributed by atoms with Gasteiger partial charge in [0.25, 0.3) is 11.5 Å². The fourth-order valence-corrected chi connectivity index (χ4v) is 3.91. The van der Waals surface area contributed by atoms with Crippen LogP contribution >= 0.6 is 0 Å². The summed E-state index contributed by atoms with van der Waals surface area (Å²) in [5.41, 5.74) is 0.540. The van der Waals surface area contributed by atoms with Crippen LogP contribution in [-0.2, 0) is 7.05 Å². The molecule has 0 radical (unpaired) electrons. The van der Waals surface area contributed by atoms with Gasteiger partial charge in [-0.25, -0.2) is 4.68 Å². The molecule has 2 fully saturated rings. The Bertz CT molecular complexity index is 620. The molecule has 5 nitrogen and oxygen atoms in total. The van der Waals surface area contributed by atoms with Crippen LogP contribution in [0, 0.1) is 17.3 Å². The van der Waals surface area contributed by atoms with E-state index in [9.17, 15) is 9.59 Å². The quantitative estimate of drug-likeness (QED) is 0.817. The van der Waals surface area contributed by atoms with Crippen LogP contribution in [0.2, 0.25) is 0 Å². The number of amides is 1. The molecule has 3 rings (SSSR count). The van der Waals surface area contributed by atoms with Gasteiger partial charge in [0.15, 0.2) is 0 Å². The molecule has 0 aromatic carbocycles. The molecule has 0 N–H and O–H groups in total. The van der Waals surface area contributed by atoms with Gasteiger partial charge in [-0.1, -0.05) is 20.8 Å². The Hall–Kier alpha value is -1.65. The van der Waals surface area contributed by atoms with Crippen molar-refractivity contribution in [2.24, 2.45) is 24.3 Å². The highest BCUT2D eigenvalue weighted by Gasteiger charge is 2.66. The predicted octanol–water partition coefficient (Wildman–Crippen LogP) is 1.29. The summed E-state index contributed by atoms with van der Waals surface area (Å²) in [6, 6.07) is 3.25. The number of rotatable bonds is 2. The maximum absolute atomic E-state index is 12.6. The Kier molecular flexibility index (Phi) is 2.78. The number of fused-ring (bicyclic) bond motifs is 1. The smallest absolute Gasteiger partial charge is 0.274 e. The second-order valence-corrected chi connectivity index (χ2v) is 6.57. The average Bonchev–Trinajstić information content (AvgIpc) is 2.78. The number of hydrogen-bond acceptors (Lipinski definition) is 3. The number of carbonyl (C=O) groups excluding carboxylic acids is 1. The third kappa shape index (κ3) is 1.72. The van der Waals surface area contributed by atoms with E-state index < -0.39 is 0 Å². The maximum Gasteiger partial charge on any atom is 0.274 e. The summed E-state index contributed by atoms with van der Waals surface area (Å²) < 4.78 is 1.22. The molecular weight excluding hydrogens is 254 g/mol. The highest BCUT2D eigenvalue weighted by molar-refractivity contribution is 5.92. The van der Waals surface area contributed by atoms with Crippen LogP contribution in [-0.4, -0.2) is 33.2 Å². The minimum Gasteiger partial charge on any atom is -0.334 e. The molecule has 2 aliphatic rings. The van der Waals surface area contributed by atoms with Crippen molar-refractivity contribution in [2.75, 3.05) is 6.54 Å². The second kappa shape index (κ2) is 4.17. The molecule has 1 aromatic rings. The number of piperidine rings is 1. The largest absolute Gasteiger partial charge is 0.334 e. The SMILES string of the molecule is CC[C@@H]1C2C(CN1C(=O)c1ccc(=O)n(C)n1)C2(C)C. The lowest BCUT2D eigenvalue weighted by atomic mass is 9.99. The summed E-state index contributed by atoms with van der Waals surface area (Å²) in [6.45, 7) is 7.53. The minimum atomic E-state index is -0.195. The van der Waals surface area contributed by atoms with Crippen LogP contribution in [0.3, 0.4) is 0 Å². The molecule has 2 heterocycles. The number of aryl methyl sites for hydroxylation is 1. The van der Waals surface area contributed by atoms with Gasteiger partial charge in [0.2, 0.25) is 0 Å². The highest BCUT2D eigenvalue weighted by atomic mass is 16.2. The van der Waals surface area contributed by atoms with Gasteiger partial charge >= 0.3 is 0 Å². The highest BCUT2D eigenvalue weighted by Crippen LogP contribution is 2.65. The molecule has 108 valence electrons. The summed E-state index contributed by atoms with van der Waals surface area (Å²) in [4.78, 5) is 25.9. The molecule has 3 atom stereocenters. The lowest BCUT2D eigenvalue weighted by Crippen LogP contribution is -2.41. The molecule has 1 aliphatic carbocycles. The van der Waals surface area contributed by atoms with E-state index in [1.54, 1.807) is 7.05 Å². The summed E-state index contributed by atoms with van der Waals surface area (Å²) in [5.74, 6) is 1.18. The van der Waals surface area contributed by atoms with Crippen LogP contribution < -0.4 is 5.56 Å². The monoisotopic (exact) mass is 275 g/mol. The van der Waals surface area contributed by atoms with E-state index in [0.717, 1.165) is 13.0 Å².